The number of rotatable bonds is 4. The van der Waals surface area contributed by atoms with Crippen LogP contribution >= 0.6 is 15.9 Å². The zero-order chi connectivity index (χ0) is 21.1. The van der Waals surface area contributed by atoms with E-state index < -0.39 is 11.6 Å². The summed E-state index contributed by atoms with van der Waals surface area (Å²) in [6.45, 7) is 1.99. The number of anilines is 2. The highest BCUT2D eigenvalue weighted by Gasteiger charge is 2.33. The normalized spacial score (nSPS) is 20.8. The Balaban J connectivity index is 1.32. The molecule has 12 heteroatoms. The van der Waals surface area contributed by atoms with Crippen molar-refractivity contribution in [2.45, 2.75) is 31.5 Å². The number of hydrogen-bond acceptors (Lipinski definition) is 7. The molecule has 2 aliphatic rings. The van der Waals surface area contributed by atoms with Crippen LogP contribution in [0.2, 0.25) is 0 Å². The number of H-pyrrole nitrogens is 1. The predicted molar refractivity (Wildman–Crippen MR) is 114 cm³/mol. The molecule has 2 unspecified atom stereocenters. The SMILES string of the molecule is Fc1cc2nc(CNc3nc(N4CC5CCC(C4)N5)nc4c(Br)cnn34)[nH]c2cc1F. The van der Waals surface area contributed by atoms with Crippen LogP contribution in [-0.4, -0.2) is 54.7 Å². The van der Waals surface area contributed by atoms with Gasteiger partial charge in [0.25, 0.3) is 0 Å². The minimum atomic E-state index is -0.924. The summed E-state index contributed by atoms with van der Waals surface area (Å²) in [5.74, 6) is -0.159. The van der Waals surface area contributed by atoms with Gasteiger partial charge in [0.1, 0.15) is 5.82 Å². The average molecular weight is 490 g/mol. The van der Waals surface area contributed by atoms with Gasteiger partial charge in [0, 0.05) is 37.3 Å². The molecule has 9 nitrogen and oxygen atoms in total. The second kappa shape index (κ2) is 7.09. The number of benzene rings is 1. The Morgan fingerprint density at radius 2 is 1.87 bits per heavy atom. The highest BCUT2D eigenvalue weighted by molar-refractivity contribution is 9.10. The van der Waals surface area contributed by atoms with E-state index in [2.05, 4.69) is 46.5 Å². The van der Waals surface area contributed by atoms with E-state index in [4.69, 9.17) is 9.97 Å². The van der Waals surface area contributed by atoms with Gasteiger partial charge in [0.2, 0.25) is 11.9 Å². The number of piperazine rings is 1. The van der Waals surface area contributed by atoms with Crippen LogP contribution in [0, 0.1) is 11.6 Å². The molecule has 4 aromatic rings. The summed E-state index contributed by atoms with van der Waals surface area (Å²) in [7, 11) is 0. The molecule has 5 heterocycles. The number of fused-ring (bicyclic) bond motifs is 4. The number of aromatic nitrogens is 6. The third kappa shape index (κ3) is 3.30. The van der Waals surface area contributed by atoms with E-state index >= 15 is 0 Å². The molecule has 3 N–H and O–H groups in total. The van der Waals surface area contributed by atoms with E-state index in [1.54, 1.807) is 10.7 Å². The van der Waals surface area contributed by atoms with E-state index in [9.17, 15) is 8.78 Å². The summed E-state index contributed by atoms with van der Waals surface area (Å²) in [4.78, 5) is 19.0. The van der Waals surface area contributed by atoms with Crippen LogP contribution in [0.4, 0.5) is 20.7 Å². The van der Waals surface area contributed by atoms with Crippen LogP contribution in [0.1, 0.15) is 18.7 Å². The summed E-state index contributed by atoms with van der Waals surface area (Å²) >= 11 is 3.51. The molecule has 6 rings (SSSR count). The molecule has 2 fully saturated rings. The fourth-order valence-corrected chi connectivity index (χ4v) is 4.71. The third-order valence-corrected chi connectivity index (χ3v) is 6.36. The summed E-state index contributed by atoms with van der Waals surface area (Å²) in [5.41, 5.74) is 1.46. The fourth-order valence-electron chi connectivity index (χ4n) is 4.36. The van der Waals surface area contributed by atoms with Gasteiger partial charge in [0.05, 0.1) is 28.2 Å². The Kier molecular flexibility index (Phi) is 4.32. The van der Waals surface area contributed by atoms with Crippen molar-refractivity contribution in [2.75, 3.05) is 23.3 Å². The van der Waals surface area contributed by atoms with Crippen LogP contribution in [0.15, 0.2) is 22.8 Å². The van der Waals surface area contributed by atoms with Gasteiger partial charge in [-0.05, 0) is 28.8 Å². The van der Waals surface area contributed by atoms with Crippen molar-refractivity contribution >= 4 is 44.5 Å². The molecule has 2 atom stereocenters. The summed E-state index contributed by atoms with van der Waals surface area (Å²) in [6.07, 6.45) is 4.00. The largest absolute Gasteiger partial charge is 0.347 e. The van der Waals surface area contributed by atoms with Crippen molar-refractivity contribution in [1.29, 1.82) is 0 Å². The molecule has 2 aliphatic heterocycles. The number of hydrogen-bond donors (Lipinski definition) is 3. The van der Waals surface area contributed by atoms with E-state index in [1.165, 1.54) is 0 Å². The molecule has 3 aromatic heterocycles. The summed E-state index contributed by atoms with van der Waals surface area (Å²) in [5, 5.41) is 11.2. The lowest BCUT2D eigenvalue weighted by molar-refractivity contribution is 0.460. The maximum Gasteiger partial charge on any atom is 0.230 e. The lowest BCUT2D eigenvalue weighted by Crippen LogP contribution is -2.51. The zero-order valence-corrected chi connectivity index (χ0v) is 17.8. The topological polar surface area (TPSA) is 99.1 Å². The standard InChI is InChI=1S/C19H18BrF2N9/c20-11-5-24-31-17(11)28-19(30-7-9-1-2-10(8-30)25-9)29-18(31)23-6-16-26-14-3-12(21)13(22)4-15(14)27-16/h3-5,9-10,25H,1-2,6-8H2,(H,26,27)(H,23,28,29). The van der Waals surface area contributed by atoms with Crippen molar-refractivity contribution in [2.24, 2.45) is 0 Å². The highest BCUT2D eigenvalue weighted by Crippen LogP contribution is 2.26. The van der Waals surface area contributed by atoms with Crippen molar-refractivity contribution < 1.29 is 8.78 Å². The molecule has 0 radical (unpaired) electrons. The van der Waals surface area contributed by atoms with Crippen molar-refractivity contribution in [3.05, 3.63) is 40.3 Å². The maximum atomic E-state index is 13.5. The first kappa shape index (κ1) is 18.9. The molecule has 2 saturated heterocycles. The van der Waals surface area contributed by atoms with Crippen LogP contribution in [0.25, 0.3) is 16.7 Å². The van der Waals surface area contributed by atoms with Gasteiger partial charge < -0.3 is 20.5 Å². The van der Waals surface area contributed by atoms with Crippen molar-refractivity contribution in [3.63, 3.8) is 0 Å². The van der Waals surface area contributed by atoms with E-state index in [0.29, 0.717) is 46.5 Å². The first-order valence-corrected chi connectivity index (χ1v) is 10.8. The van der Waals surface area contributed by atoms with Gasteiger partial charge >= 0.3 is 0 Å². The molecule has 1 aromatic carbocycles. The Labute approximate surface area is 183 Å². The van der Waals surface area contributed by atoms with Crippen molar-refractivity contribution in [1.82, 2.24) is 34.9 Å². The quantitative estimate of drug-likeness (QED) is 0.405. The van der Waals surface area contributed by atoms with E-state index in [0.717, 1.165) is 42.5 Å². The second-order valence-corrected chi connectivity index (χ2v) is 8.79. The number of imidazole rings is 1. The second-order valence-electron chi connectivity index (χ2n) is 7.94. The lowest BCUT2D eigenvalue weighted by atomic mass is 10.2. The predicted octanol–water partition coefficient (Wildman–Crippen LogP) is 2.59. The van der Waals surface area contributed by atoms with Gasteiger partial charge in [-0.1, -0.05) is 0 Å². The third-order valence-electron chi connectivity index (χ3n) is 5.80. The zero-order valence-electron chi connectivity index (χ0n) is 16.2. The Bertz CT molecular complexity index is 1250. The smallest absolute Gasteiger partial charge is 0.230 e. The van der Waals surface area contributed by atoms with Gasteiger partial charge in [-0.3, -0.25) is 0 Å². The van der Waals surface area contributed by atoms with E-state index in [-0.39, 0.29) is 6.54 Å². The van der Waals surface area contributed by atoms with Gasteiger partial charge in [-0.25, -0.2) is 13.8 Å². The Hall–Kier alpha value is -2.86. The van der Waals surface area contributed by atoms with Crippen LogP contribution in [-0.2, 0) is 6.54 Å². The maximum absolute atomic E-state index is 13.5. The number of nitrogens with one attached hydrogen (secondary N) is 3. The molecule has 160 valence electrons. The molecule has 2 bridgehead atoms. The lowest BCUT2D eigenvalue weighted by Gasteiger charge is -2.33. The number of nitrogens with zero attached hydrogens (tertiary/aromatic N) is 6. The summed E-state index contributed by atoms with van der Waals surface area (Å²) in [6, 6.07) is 3.10. The number of halogens is 3. The fraction of sp³-hybridized carbons (Fsp3) is 0.368. The minimum absolute atomic E-state index is 0.272. The van der Waals surface area contributed by atoms with Crippen LogP contribution in [0.3, 0.4) is 0 Å². The minimum Gasteiger partial charge on any atom is -0.347 e. The summed E-state index contributed by atoms with van der Waals surface area (Å²) < 4.78 is 29.4. The molecule has 31 heavy (non-hydrogen) atoms. The first-order valence-electron chi connectivity index (χ1n) is 10.0. The molecule has 0 aliphatic carbocycles. The van der Waals surface area contributed by atoms with Gasteiger partial charge in [-0.2, -0.15) is 19.6 Å². The van der Waals surface area contributed by atoms with Gasteiger partial charge in [-0.15, -0.1) is 0 Å². The molecule has 0 amide bonds. The Morgan fingerprint density at radius 1 is 1.10 bits per heavy atom. The van der Waals surface area contributed by atoms with Crippen molar-refractivity contribution in [3.8, 4) is 0 Å². The number of aromatic amines is 1. The van der Waals surface area contributed by atoms with E-state index in [1.807, 2.05) is 0 Å². The molecule has 0 saturated carbocycles. The monoisotopic (exact) mass is 489 g/mol. The van der Waals surface area contributed by atoms with Crippen LogP contribution < -0.4 is 15.5 Å². The first-order chi connectivity index (χ1) is 15.0. The molecule has 0 spiro atoms. The van der Waals surface area contributed by atoms with Crippen LogP contribution in [0.5, 0.6) is 0 Å². The molecular weight excluding hydrogens is 472 g/mol. The Morgan fingerprint density at radius 3 is 2.68 bits per heavy atom. The highest BCUT2D eigenvalue weighted by atomic mass is 79.9. The average Bonchev–Trinajstić information content (AvgIpc) is 3.43. The van der Waals surface area contributed by atoms with Gasteiger partial charge in [0.15, 0.2) is 17.3 Å². The molecular formula is C19H18BrF2N9.